The van der Waals surface area contributed by atoms with Crippen molar-refractivity contribution in [3.8, 4) is 5.75 Å². The van der Waals surface area contributed by atoms with Crippen molar-refractivity contribution in [2.75, 3.05) is 0 Å². The molecule has 0 aromatic heterocycles. The highest BCUT2D eigenvalue weighted by Gasteiger charge is 2.29. The lowest BCUT2D eigenvalue weighted by Gasteiger charge is -2.30. The molecule has 2 unspecified atom stereocenters. The van der Waals surface area contributed by atoms with E-state index in [0.29, 0.717) is 12.0 Å². The van der Waals surface area contributed by atoms with Crippen molar-refractivity contribution in [1.29, 1.82) is 0 Å². The molecule has 1 aliphatic rings. The third kappa shape index (κ3) is 2.25. The first-order valence-corrected chi connectivity index (χ1v) is 6.21. The molecule has 0 saturated carbocycles. The Bertz CT molecular complexity index is 660. The highest BCUT2D eigenvalue weighted by molar-refractivity contribution is 5.39. The number of nitrogens with two attached hydrogens (primary N) is 1. The van der Waals surface area contributed by atoms with Crippen LogP contribution in [0.3, 0.4) is 0 Å². The van der Waals surface area contributed by atoms with Crippen molar-refractivity contribution in [3.63, 3.8) is 0 Å². The molecular weight excluding hydrogens is 267 g/mol. The van der Waals surface area contributed by atoms with E-state index in [2.05, 4.69) is 0 Å². The van der Waals surface area contributed by atoms with E-state index in [0.717, 1.165) is 18.2 Å². The summed E-state index contributed by atoms with van der Waals surface area (Å²) in [6, 6.07) is 6.80. The highest BCUT2D eigenvalue weighted by atomic mass is 19.1. The molecule has 0 bridgehead atoms. The Hall–Kier alpha value is -2.01. The Labute approximate surface area is 114 Å². The van der Waals surface area contributed by atoms with E-state index in [1.165, 1.54) is 12.1 Å². The monoisotopic (exact) mass is 279 g/mol. The summed E-state index contributed by atoms with van der Waals surface area (Å²) in [5.74, 6) is -1.30. The molecule has 2 N–H and O–H groups in total. The van der Waals surface area contributed by atoms with Crippen LogP contribution in [0.4, 0.5) is 13.2 Å². The van der Waals surface area contributed by atoms with Crippen LogP contribution in [-0.2, 0) is 0 Å². The molecule has 104 valence electrons. The average Bonchev–Trinajstić information content (AvgIpc) is 2.41. The number of hydrogen-bond donors (Lipinski definition) is 1. The fraction of sp³-hybridized carbons (Fsp3) is 0.200. The lowest BCUT2D eigenvalue weighted by molar-refractivity contribution is 0.156. The fourth-order valence-corrected chi connectivity index (χ4v) is 2.43. The van der Waals surface area contributed by atoms with E-state index in [9.17, 15) is 13.2 Å². The van der Waals surface area contributed by atoms with Crippen molar-refractivity contribution >= 4 is 0 Å². The molecule has 2 aromatic rings. The maximum absolute atomic E-state index is 13.8. The van der Waals surface area contributed by atoms with Gasteiger partial charge in [0.1, 0.15) is 29.3 Å². The van der Waals surface area contributed by atoms with E-state index in [-0.39, 0.29) is 11.3 Å². The van der Waals surface area contributed by atoms with Crippen LogP contribution in [0.5, 0.6) is 5.75 Å². The van der Waals surface area contributed by atoms with E-state index >= 15 is 0 Å². The van der Waals surface area contributed by atoms with Crippen molar-refractivity contribution < 1.29 is 17.9 Å². The van der Waals surface area contributed by atoms with Gasteiger partial charge in [-0.25, -0.2) is 13.2 Å². The highest BCUT2D eigenvalue weighted by Crippen LogP contribution is 2.40. The number of ether oxygens (including phenoxy) is 1. The summed E-state index contributed by atoms with van der Waals surface area (Å²) in [6.07, 6.45) is -0.422. The summed E-state index contributed by atoms with van der Waals surface area (Å²) >= 11 is 0. The summed E-state index contributed by atoms with van der Waals surface area (Å²) < 4.78 is 45.8. The minimum Gasteiger partial charge on any atom is -0.485 e. The molecule has 0 radical (unpaired) electrons. The van der Waals surface area contributed by atoms with Gasteiger partial charge in [0.15, 0.2) is 0 Å². The van der Waals surface area contributed by atoms with Gasteiger partial charge in [0.25, 0.3) is 0 Å². The SMILES string of the molecule is NC1CC(c2cc(F)ccc2F)Oc2cc(F)ccc21. The van der Waals surface area contributed by atoms with E-state index < -0.39 is 29.6 Å². The number of benzene rings is 2. The van der Waals surface area contributed by atoms with Crippen molar-refractivity contribution in [3.05, 3.63) is 65.0 Å². The molecule has 5 heteroatoms. The summed E-state index contributed by atoms with van der Waals surface area (Å²) in [4.78, 5) is 0. The molecular formula is C15H12F3NO. The Morgan fingerprint density at radius 2 is 1.65 bits per heavy atom. The van der Waals surface area contributed by atoms with Crippen LogP contribution >= 0.6 is 0 Å². The Balaban J connectivity index is 2.00. The molecule has 2 atom stereocenters. The number of fused-ring (bicyclic) bond motifs is 1. The summed E-state index contributed by atoms with van der Waals surface area (Å²) in [5.41, 5.74) is 6.75. The zero-order valence-electron chi connectivity index (χ0n) is 10.4. The number of halogens is 3. The van der Waals surface area contributed by atoms with Crippen LogP contribution in [0, 0.1) is 17.5 Å². The van der Waals surface area contributed by atoms with Crippen LogP contribution in [-0.4, -0.2) is 0 Å². The third-order valence-electron chi connectivity index (χ3n) is 3.42. The molecule has 2 aromatic carbocycles. The molecule has 1 aliphatic heterocycles. The van der Waals surface area contributed by atoms with Gasteiger partial charge in [0.05, 0.1) is 0 Å². The maximum Gasteiger partial charge on any atom is 0.130 e. The molecule has 3 rings (SSSR count). The van der Waals surface area contributed by atoms with Crippen LogP contribution < -0.4 is 10.5 Å². The minimum absolute atomic E-state index is 0.0929. The van der Waals surface area contributed by atoms with Gasteiger partial charge in [0.2, 0.25) is 0 Å². The van der Waals surface area contributed by atoms with Gasteiger partial charge in [0, 0.05) is 29.7 Å². The van der Waals surface area contributed by atoms with Crippen molar-refractivity contribution in [2.45, 2.75) is 18.6 Å². The van der Waals surface area contributed by atoms with Gasteiger partial charge in [-0.15, -0.1) is 0 Å². The first-order chi connectivity index (χ1) is 9.54. The topological polar surface area (TPSA) is 35.2 Å². The molecule has 0 saturated heterocycles. The maximum atomic E-state index is 13.8. The molecule has 0 amide bonds. The minimum atomic E-state index is -0.727. The van der Waals surface area contributed by atoms with E-state index in [1.807, 2.05) is 0 Å². The van der Waals surface area contributed by atoms with E-state index in [4.69, 9.17) is 10.5 Å². The molecule has 1 heterocycles. The number of hydrogen-bond acceptors (Lipinski definition) is 2. The predicted octanol–water partition coefficient (Wildman–Crippen LogP) is 3.63. The quantitative estimate of drug-likeness (QED) is 0.865. The molecule has 0 fully saturated rings. The van der Waals surface area contributed by atoms with E-state index in [1.54, 1.807) is 6.07 Å². The predicted molar refractivity (Wildman–Crippen MR) is 67.7 cm³/mol. The lowest BCUT2D eigenvalue weighted by atomic mass is 9.93. The average molecular weight is 279 g/mol. The van der Waals surface area contributed by atoms with Gasteiger partial charge < -0.3 is 10.5 Å². The Morgan fingerprint density at radius 1 is 0.950 bits per heavy atom. The van der Waals surface area contributed by atoms with Crippen LogP contribution in [0.15, 0.2) is 36.4 Å². The van der Waals surface area contributed by atoms with Crippen molar-refractivity contribution in [1.82, 2.24) is 0 Å². The second-order valence-corrected chi connectivity index (χ2v) is 4.80. The van der Waals surface area contributed by atoms with Crippen LogP contribution in [0.25, 0.3) is 0 Å². The largest absolute Gasteiger partial charge is 0.485 e. The van der Waals surface area contributed by atoms with Crippen LogP contribution in [0.1, 0.15) is 29.7 Å². The zero-order chi connectivity index (χ0) is 14.3. The second-order valence-electron chi connectivity index (χ2n) is 4.80. The molecule has 2 nitrogen and oxygen atoms in total. The lowest BCUT2D eigenvalue weighted by Crippen LogP contribution is -2.25. The number of rotatable bonds is 1. The molecule has 0 aliphatic carbocycles. The zero-order valence-corrected chi connectivity index (χ0v) is 10.4. The van der Waals surface area contributed by atoms with Gasteiger partial charge in [-0.2, -0.15) is 0 Å². The second kappa shape index (κ2) is 4.83. The standard InChI is InChI=1S/C15H12F3NO/c16-8-2-4-12(18)11(5-8)15-7-13(19)10-3-1-9(17)6-14(10)20-15/h1-6,13,15H,7,19H2. The Kier molecular flexibility index (Phi) is 3.14. The summed E-state index contributed by atoms with van der Waals surface area (Å²) in [5, 5.41) is 0. The smallest absolute Gasteiger partial charge is 0.130 e. The summed E-state index contributed by atoms with van der Waals surface area (Å²) in [7, 11) is 0. The molecule has 20 heavy (non-hydrogen) atoms. The summed E-state index contributed by atoms with van der Waals surface area (Å²) in [6.45, 7) is 0. The third-order valence-corrected chi connectivity index (χ3v) is 3.42. The first kappa shape index (κ1) is 13.0. The van der Waals surface area contributed by atoms with Gasteiger partial charge in [-0.1, -0.05) is 6.07 Å². The normalized spacial score (nSPS) is 21.2. The Morgan fingerprint density at radius 3 is 2.45 bits per heavy atom. The van der Waals surface area contributed by atoms with Gasteiger partial charge in [-0.05, 0) is 24.3 Å². The van der Waals surface area contributed by atoms with Crippen molar-refractivity contribution in [2.24, 2.45) is 5.73 Å². The van der Waals surface area contributed by atoms with Gasteiger partial charge >= 0.3 is 0 Å². The first-order valence-electron chi connectivity index (χ1n) is 6.21. The molecule has 0 spiro atoms. The van der Waals surface area contributed by atoms with Crippen LogP contribution in [0.2, 0.25) is 0 Å². The fourth-order valence-electron chi connectivity index (χ4n) is 2.43. The van der Waals surface area contributed by atoms with Gasteiger partial charge in [-0.3, -0.25) is 0 Å².